The molecule has 0 bridgehead atoms. The molecule has 2 aromatic carbocycles. The number of benzene rings is 2. The second kappa shape index (κ2) is 9.35. The van der Waals surface area contributed by atoms with E-state index in [1.807, 2.05) is 42.5 Å². The average Bonchev–Trinajstić information content (AvgIpc) is 2.57. The molecule has 0 unspecified atom stereocenters. The van der Waals surface area contributed by atoms with Gasteiger partial charge in [-0.25, -0.2) is 4.79 Å². The number of hydrogen-bond acceptors (Lipinski definition) is 3. The molecule has 3 N–H and O–H groups in total. The standard InChI is InChI=1S/C18H22N2O3/c21-16-9-7-15(8-10-16)11-13-20-18(22)19-12-4-14-23-17-5-2-1-3-6-17/h1-3,5-10,21H,4,11-14H2,(H2,19,20,22). The molecule has 122 valence electrons. The summed E-state index contributed by atoms with van der Waals surface area (Å²) in [5, 5.41) is 14.8. The number of rotatable bonds is 8. The molecule has 0 spiro atoms. The van der Waals surface area contributed by atoms with Crippen molar-refractivity contribution in [2.24, 2.45) is 0 Å². The van der Waals surface area contributed by atoms with Gasteiger partial charge in [-0.15, -0.1) is 0 Å². The third kappa shape index (κ3) is 6.74. The van der Waals surface area contributed by atoms with Crippen LogP contribution in [0.5, 0.6) is 11.5 Å². The van der Waals surface area contributed by atoms with Gasteiger partial charge in [0.2, 0.25) is 0 Å². The van der Waals surface area contributed by atoms with Crippen LogP contribution in [0.1, 0.15) is 12.0 Å². The van der Waals surface area contributed by atoms with Crippen LogP contribution in [-0.2, 0) is 6.42 Å². The third-order valence-electron chi connectivity index (χ3n) is 3.25. The van der Waals surface area contributed by atoms with Gasteiger partial charge in [0, 0.05) is 13.1 Å². The summed E-state index contributed by atoms with van der Waals surface area (Å²) in [7, 11) is 0. The Bertz CT molecular complexity index is 585. The van der Waals surface area contributed by atoms with Crippen LogP contribution in [0, 0.1) is 0 Å². The normalized spacial score (nSPS) is 10.1. The highest BCUT2D eigenvalue weighted by Crippen LogP contribution is 2.09. The molecular weight excluding hydrogens is 292 g/mol. The van der Waals surface area contributed by atoms with E-state index in [4.69, 9.17) is 4.74 Å². The van der Waals surface area contributed by atoms with Gasteiger partial charge in [0.25, 0.3) is 0 Å². The smallest absolute Gasteiger partial charge is 0.314 e. The molecule has 0 aliphatic carbocycles. The summed E-state index contributed by atoms with van der Waals surface area (Å²) in [6, 6.07) is 16.4. The molecule has 0 aliphatic heterocycles. The molecule has 2 aromatic rings. The van der Waals surface area contributed by atoms with Gasteiger partial charge in [-0.1, -0.05) is 30.3 Å². The zero-order valence-corrected chi connectivity index (χ0v) is 13.0. The van der Waals surface area contributed by atoms with Crippen LogP contribution in [0.3, 0.4) is 0 Å². The van der Waals surface area contributed by atoms with Gasteiger partial charge in [-0.05, 0) is 42.7 Å². The first-order valence-electron chi connectivity index (χ1n) is 7.71. The molecule has 23 heavy (non-hydrogen) atoms. The molecule has 2 amide bonds. The second-order valence-electron chi connectivity index (χ2n) is 5.11. The van der Waals surface area contributed by atoms with Crippen molar-refractivity contribution in [1.82, 2.24) is 10.6 Å². The number of ether oxygens (including phenoxy) is 1. The number of aromatic hydroxyl groups is 1. The molecule has 5 nitrogen and oxygen atoms in total. The summed E-state index contributed by atoms with van der Waals surface area (Å²) < 4.78 is 5.54. The average molecular weight is 314 g/mol. The van der Waals surface area contributed by atoms with Gasteiger partial charge in [0.15, 0.2) is 0 Å². The first-order valence-corrected chi connectivity index (χ1v) is 7.71. The van der Waals surface area contributed by atoms with Crippen molar-refractivity contribution in [2.75, 3.05) is 19.7 Å². The van der Waals surface area contributed by atoms with Crippen LogP contribution in [-0.4, -0.2) is 30.8 Å². The predicted molar refractivity (Wildman–Crippen MR) is 89.8 cm³/mol. The summed E-state index contributed by atoms with van der Waals surface area (Å²) in [5.74, 6) is 1.09. The summed E-state index contributed by atoms with van der Waals surface area (Å²) in [6.07, 6.45) is 1.48. The minimum Gasteiger partial charge on any atom is -0.508 e. The quantitative estimate of drug-likeness (QED) is 0.656. The number of para-hydroxylation sites is 1. The van der Waals surface area contributed by atoms with E-state index < -0.39 is 0 Å². The molecule has 0 saturated heterocycles. The zero-order chi connectivity index (χ0) is 16.3. The zero-order valence-electron chi connectivity index (χ0n) is 13.0. The molecule has 5 heteroatoms. The second-order valence-corrected chi connectivity index (χ2v) is 5.11. The molecule has 0 saturated carbocycles. The number of phenolic OH excluding ortho intramolecular Hbond substituents is 1. The van der Waals surface area contributed by atoms with Crippen molar-refractivity contribution in [3.63, 3.8) is 0 Å². The van der Waals surface area contributed by atoms with Crippen molar-refractivity contribution in [3.05, 3.63) is 60.2 Å². The Labute approximate surface area is 136 Å². The van der Waals surface area contributed by atoms with Gasteiger partial charge in [-0.3, -0.25) is 0 Å². The lowest BCUT2D eigenvalue weighted by atomic mass is 10.1. The molecule has 0 heterocycles. The number of nitrogens with one attached hydrogen (secondary N) is 2. The molecule has 0 aromatic heterocycles. The fourth-order valence-electron chi connectivity index (χ4n) is 2.03. The number of hydrogen-bond donors (Lipinski definition) is 3. The first-order chi connectivity index (χ1) is 11.2. The number of phenols is 1. The minimum atomic E-state index is -0.177. The van der Waals surface area contributed by atoms with Gasteiger partial charge in [-0.2, -0.15) is 0 Å². The maximum absolute atomic E-state index is 11.6. The number of carbonyl (C=O) groups excluding carboxylic acids is 1. The number of amides is 2. The molecule has 2 rings (SSSR count). The lowest BCUT2D eigenvalue weighted by molar-refractivity contribution is 0.239. The summed E-state index contributed by atoms with van der Waals surface area (Å²) in [5.41, 5.74) is 1.07. The van der Waals surface area contributed by atoms with E-state index in [-0.39, 0.29) is 11.8 Å². The highest BCUT2D eigenvalue weighted by atomic mass is 16.5. The van der Waals surface area contributed by atoms with Crippen LogP contribution >= 0.6 is 0 Å². The molecular formula is C18H22N2O3. The molecule has 0 aliphatic rings. The van der Waals surface area contributed by atoms with Gasteiger partial charge in [0.05, 0.1) is 6.61 Å². The summed E-state index contributed by atoms with van der Waals surface area (Å²) in [4.78, 5) is 11.6. The maximum atomic E-state index is 11.6. The Morgan fingerprint density at radius 3 is 2.39 bits per heavy atom. The van der Waals surface area contributed by atoms with Crippen molar-refractivity contribution in [3.8, 4) is 11.5 Å². The van der Waals surface area contributed by atoms with Crippen molar-refractivity contribution >= 4 is 6.03 Å². The Morgan fingerprint density at radius 1 is 0.957 bits per heavy atom. The third-order valence-corrected chi connectivity index (χ3v) is 3.25. The number of urea groups is 1. The van der Waals surface area contributed by atoms with Gasteiger partial charge in [0.1, 0.15) is 11.5 Å². The van der Waals surface area contributed by atoms with Gasteiger partial charge < -0.3 is 20.5 Å². The van der Waals surface area contributed by atoms with E-state index >= 15 is 0 Å². The molecule has 0 radical (unpaired) electrons. The molecule has 0 fully saturated rings. The van der Waals surface area contributed by atoms with E-state index in [9.17, 15) is 9.90 Å². The molecule has 0 atom stereocenters. The lowest BCUT2D eigenvalue weighted by Gasteiger charge is -2.09. The van der Waals surface area contributed by atoms with E-state index in [2.05, 4.69) is 10.6 Å². The Hall–Kier alpha value is -2.69. The van der Waals surface area contributed by atoms with Crippen LogP contribution in [0.2, 0.25) is 0 Å². The van der Waals surface area contributed by atoms with E-state index in [1.165, 1.54) is 0 Å². The highest BCUT2D eigenvalue weighted by molar-refractivity contribution is 5.73. The number of carbonyl (C=O) groups is 1. The fraction of sp³-hybridized carbons (Fsp3) is 0.278. The van der Waals surface area contributed by atoms with E-state index in [1.54, 1.807) is 12.1 Å². The van der Waals surface area contributed by atoms with E-state index in [0.29, 0.717) is 19.7 Å². The first kappa shape index (κ1) is 16.7. The summed E-state index contributed by atoms with van der Waals surface area (Å²) in [6.45, 7) is 1.69. The monoisotopic (exact) mass is 314 g/mol. The SMILES string of the molecule is O=C(NCCCOc1ccccc1)NCCc1ccc(O)cc1. The van der Waals surface area contributed by atoms with Gasteiger partial charge >= 0.3 is 6.03 Å². The fourth-order valence-corrected chi connectivity index (χ4v) is 2.03. The maximum Gasteiger partial charge on any atom is 0.314 e. The van der Waals surface area contributed by atoms with Crippen molar-refractivity contribution < 1.29 is 14.6 Å². The van der Waals surface area contributed by atoms with Crippen LogP contribution in [0.4, 0.5) is 4.79 Å². The van der Waals surface area contributed by atoms with Crippen LogP contribution in [0.15, 0.2) is 54.6 Å². The lowest BCUT2D eigenvalue weighted by Crippen LogP contribution is -2.37. The van der Waals surface area contributed by atoms with Crippen molar-refractivity contribution in [1.29, 1.82) is 0 Å². The Morgan fingerprint density at radius 2 is 1.65 bits per heavy atom. The predicted octanol–water partition coefficient (Wildman–Crippen LogP) is 2.70. The van der Waals surface area contributed by atoms with Crippen LogP contribution < -0.4 is 15.4 Å². The van der Waals surface area contributed by atoms with Crippen LogP contribution in [0.25, 0.3) is 0 Å². The highest BCUT2D eigenvalue weighted by Gasteiger charge is 2.00. The Kier molecular flexibility index (Phi) is 6.78. The largest absolute Gasteiger partial charge is 0.508 e. The van der Waals surface area contributed by atoms with Crippen molar-refractivity contribution in [2.45, 2.75) is 12.8 Å². The summed E-state index contributed by atoms with van der Waals surface area (Å²) >= 11 is 0. The minimum absolute atomic E-state index is 0.177. The topological polar surface area (TPSA) is 70.6 Å². The van der Waals surface area contributed by atoms with E-state index in [0.717, 1.165) is 24.2 Å². The Balaban J connectivity index is 1.51.